The number of halogens is 2. The van der Waals surface area contributed by atoms with Crippen molar-refractivity contribution < 1.29 is 18.7 Å². The molecule has 27 heavy (non-hydrogen) atoms. The molecule has 1 saturated heterocycles. The minimum absolute atomic E-state index is 0.0554. The van der Waals surface area contributed by atoms with Crippen LogP contribution >= 0.6 is 11.3 Å². The van der Waals surface area contributed by atoms with Gasteiger partial charge in [0.25, 0.3) is 5.91 Å². The first kappa shape index (κ1) is 19.9. The molecule has 0 aliphatic carbocycles. The number of hydrogen-bond donors (Lipinski definition) is 1. The van der Waals surface area contributed by atoms with Crippen molar-refractivity contribution in [2.45, 2.75) is 38.5 Å². The summed E-state index contributed by atoms with van der Waals surface area (Å²) in [5.41, 5.74) is -0.485. The van der Waals surface area contributed by atoms with Crippen LogP contribution in [0.25, 0.3) is 0 Å². The molecule has 0 unspecified atom stereocenters. The maximum Gasteiger partial charge on any atom is 0.256 e. The zero-order chi connectivity index (χ0) is 19.6. The number of likely N-dealkylation sites (tertiary alicyclic amines) is 1. The van der Waals surface area contributed by atoms with Crippen molar-refractivity contribution in [3.63, 3.8) is 0 Å². The number of aromatic nitrogens is 1. The Balaban J connectivity index is 1.68. The second-order valence-corrected chi connectivity index (χ2v) is 8.07. The number of carbonyl (C=O) groups excluding carboxylic acids is 1. The molecule has 1 amide bonds. The molecule has 0 saturated carbocycles. The molecule has 146 valence electrons. The van der Waals surface area contributed by atoms with E-state index in [1.165, 1.54) is 28.4 Å². The van der Waals surface area contributed by atoms with Crippen LogP contribution in [0.1, 0.15) is 29.1 Å². The largest absolute Gasteiger partial charge is 0.379 e. The van der Waals surface area contributed by atoms with Gasteiger partial charge in [-0.1, -0.05) is 12.1 Å². The average Bonchev–Trinajstić information content (AvgIpc) is 3.00. The van der Waals surface area contributed by atoms with Gasteiger partial charge in [0, 0.05) is 36.3 Å². The molecule has 1 aromatic heterocycles. The van der Waals surface area contributed by atoms with Crippen molar-refractivity contribution in [1.82, 2.24) is 14.8 Å². The van der Waals surface area contributed by atoms with Crippen molar-refractivity contribution in [3.8, 4) is 0 Å². The van der Waals surface area contributed by atoms with E-state index < -0.39 is 23.1 Å². The molecule has 1 aliphatic heterocycles. The van der Waals surface area contributed by atoms with Crippen LogP contribution in [-0.4, -0.2) is 51.5 Å². The van der Waals surface area contributed by atoms with Crippen LogP contribution in [0, 0.1) is 18.6 Å². The number of thiazole rings is 1. The van der Waals surface area contributed by atoms with Gasteiger partial charge < -0.3 is 10.0 Å². The van der Waals surface area contributed by atoms with Gasteiger partial charge >= 0.3 is 0 Å². The second kappa shape index (κ2) is 8.00. The highest BCUT2D eigenvalue weighted by molar-refractivity contribution is 7.09. The zero-order valence-corrected chi connectivity index (χ0v) is 16.2. The van der Waals surface area contributed by atoms with E-state index in [0.29, 0.717) is 25.9 Å². The molecule has 1 aliphatic rings. The predicted molar refractivity (Wildman–Crippen MR) is 99.1 cm³/mol. The first-order chi connectivity index (χ1) is 12.8. The van der Waals surface area contributed by atoms with Crippen molar-refractivity contribution in [3.05, 3.63) is 51.5 Å². The van der Waals surface area contributed by atoms with E-state index in [1.54, 1.807) is 0 Å². The van der Waals surface area contributed by atoms with Crippen molar-refractivity contribution >= 4 is 17.2 Å². The summed E-state index contributed by atoms with van der Waals surface area (Å²) >= 11 is 1.54. The summed E-state index contributed by atoms with van der Waals surface area (Å²) in [6, 6.07) is 3.91. The van der Waals surface area contributed by atoms with Crippen LogP contribution in [-0.2, 0) is 17.9 Å². The third-order valence-corrected chi connectivity index (χ3v) is 5.65. The molecule has 1 atom stereocenters. The number of rotatable bonds is 6. The van der Waals surface area contributed by atoms with Gasteiger partial charge in [-0.15, -0.1) is 11.3 Å². The van der Waals surface area contributed by atoms with E-state index in [9.17, 15) is 18.7 Å². The summed E-state index contributed by atoms with van der Waals surface area (Å²) in [7, 11) is 1.83. The van der Waals surface area contributed by atoms with Gasteiger partial charge in [-0.3, -0.25) is 9.69 Å². The van der Waals surface area contributed by atoms with Crippen LogP contribution in [0.4, 0.5) is 8.78 Å². The number of likely N-dealkylation sites (N-methyl/N-ethyl adjacent to an activating group) is 1. The van der Waals surface area contributed by atoms with Crippen LogP contribution in [0.15, 0.2) is 23.6 Å². The van der Waals surface area contributed by atoms with Crippen molar-refractivity contribution in [2.75, 3.05) is 20.1 Å². The summed E-state index contributed by atoms with van der Waals surface area (Å²) in [6.45, 7) is 2.97. The Kier molecular flexibility index (Phi) is 5.88. The maximum absolute atomic E-state index is 13.9. The second-order valence-electron chi connectivity index (χ2n) is 7.13. The number of hydrogen-bond acceptors (Lipinski definition) is 5. The van der Waals surface area contributed by atoms with Crippen LogP contribution in [0.5, 0.6) is 0 Å². The minimum Gasteiger partial charge on any atom is -0.379 e. The first-order valence-corrected chi connectivity index (χ1v) is 9.71. The van der Waals surface area contributed by atoms with Gasteiger partial charge in [-0.2, -0.15) is 0 Å². The van der Waals surface area contributed by atoms with Gasteiger partial charge in [0.15, 0.2) is 17.2 Å². The molecule has 0 spiro atoms. The zero-order valence-electron chi connectivity index (χ0n) is 15.4. The lowest BCUT2D eigenvalue weighted by molar-refractivity contribution is -0.160. The number of nitrogens with zero attached hydrogens (tertiary/aromatic N) is 3. The summed E-state index contributed by atoms with van der Waals surface area (Å²) < 4.78 is 27.4. The molecule has 0 radical (unpaired) electrons. The lowest BCUT2D eigenvalue weighted by atomic mass is 9.90. The Hall–Kier alpha value is -1.90. The fourth-order valence-electron chi connectivity index (χ4n) is 3.45. The monoisotopic (exact) mass is 395 g/mol. The average molecular weight is 395 g/mol. The van der Waals surface area contributed by atoms with Gasteiger partial charge in [-0.05, 0) is 32.9 Å². The topological polar surface area (TPSA) is 56.7 Å². The summed E-state index contributed by atoms with van der Waals surface area (Å²) in [4.78, 5) is 20.5. The third-order valence-electron chi connectivity index (χ3n) is 4.70. The lowest BCUT2D eigenvalue weighted by Gasteiger charge is -2.40. The molecule has 8 heteroatoms. The van der Waals surface area contributed by atoms with E-state index in [2.05, 4.69) is 4.98 Å². The Bertz CT molecular complexity index is 829. The first-order valence-electron chi connectivity index (χ1n) is 8.83. The summed E-state index contributed by atoms with van der Waals surface area (Å²) in [6.07, 6.45) is 0.943. The van der Waals surface area contributed by atoms with Crippen molar-refractivity contribution in [1.29, 1.82) is 0 Å². The fraction of sp³-hybridized carbons (Fsp3) is 0.474. The Labute approximate surface area is 161 Å². The highest BCUT2D eigenvalue weighted by atomic mass is 32.1. The predicted octanol–water partition coefficient (Wildman–Crippen LogP) is 2.72. The van der Waals surface area contributed by atoms with Crippen molar-refractivity contribution in [2.24, 2.45) is 0 Å². The molecule has 1 aromatic carbocycles. The lowest BCUT2D eigenvalue weighted by Crippen LogP contribution is -2.57. The van der Waals surface area contributed by atoms with Crippen LogP contribution < -0.4 is 0 Å². The normalized spacial score (nSPS) is 20.5. The van der Waals surface area contributed by atoms with Gasteiger partial charge in [-0.25, -0.2) is 13.8 Å². The van der Waals surface area contributed by atoms with Gasteiger partial charge in [0.05, 0.1) is 6.54 Å². The van der Waals surface area contributed by atoms with E-state index in [0.717, 1.165) is 16.8 Å². The molecular weight excluding hydrogens is 372 g/mol. The number of amides is 1. The Morgan fingerprint density at radius 1 is 1.41 bits per heavy atom. The molecule has 2 heterocycles. The molecule has 5 nitrogen and oxygen atoms in total. The fourth-order valence-corrected chi connectivity index (χ4v) is 4.30. The Morgan fingerprint density at radius 3 is 2.89 bits per heavy atom. The smallest absolute Gasteiger partial charge is 0.256 e. The maximum atomic E-state index is 13.9. The number of piperidine rings is 1. The van der Waals surface area contributed by atoms with Crippen LogP contribution in [0.2, 0.25) is 0 Å². The number of benzene rings is 1. The van der Waals surface area contributed by atoms with E-state index in [-0.39, 0.29) is 18.7 Å². The quantitative estimate of drug-likeness (QED) is 0.817. The van der Waals surface area contributed by atoms with E-state index in [1.807, 2.05) is 24.3 Å². The molecule has 0 bridgehead atoms. The van der Waals surface area contributed by atoms with E-state index in [4.69, 9.17) is 0 Å². The standard InChI is InChI=1S/C19H23F2N3O2S/c1-13-11-27-16(22-13)10-23(2)12-19(26)7-4-8-24(18(19)25)9-14-5-3-6-15(20)17(14)21/h3,5-6,11,26H,4,7-10,12H2,1-2H3/t19-/m1/s1. The number of aliphatic hydroxyl groups is 1. The van der Waals surface area contributed by atoms with Crippen LogP contribution in [0.3, 0.4) is 0 Å². The highest BCUT2D eigenvalue weighted by Crippen LogP contribution is 2.26. The van der Waals surface area contributed by atoms with Gasteiger partial charge in [0.2, 0.25) is 0 Å². The SMILES string of the molecule is Cc1csc(CN(C)C[C@]2(O)CCCN(Cc3cccc(F)c3F)C2=O)n1. The van der Waals surface area contributed by atoms with E-state index >= 15 is 0 Å². The highest BCUT2D eigenvalue weighted by Gasteiger charge is 2.43. The molecule has 1 fully saturated rings. The van der Waals surface area contributed by atoms with Gasteiger partial charge in [0.1, 0.15) is 5.01 Å². The minimum atomic E-state index is -1.54. The summed E-state index contributed by atoms with van der Waals surface area (Å²) in [5.74, 6) is -2.33. The molecule has 3 rings (SSSR count). The number of aryl methyl sites for hydroxylation is 1. The molecule has 2 aromatic rings. The molecular formula is C19H23F2N3O2S. The number of carbonyl (C=O) groups is 1. The molecule has 1 N–H and O–H groups in total. The Morgan fingerprint density at radius 2 is 2.19 bits per heavy atom. The third kappa shape index (κ3) is 4.51. The summed E-state index contributed by atoms with van der Waals surface area (Å²) in [5, 5.41) is 13.8.